The summed E-state index contributed by atoms with van der Waals surface area (Å²) in [5.74, 6) is 0. The second kappa shape index (κ2) is 12.0. The second-order valence-corrected chi connectivity index (χ2v) is 7.52. The summed E-state index contributed by atoms with van der Waals surface area (Å²) in [5, 5.41) is 97.6. The molecule has 13 unspecified atom stereocenters. The molecule has 2 rings (SSSR count). The zero-order valence-corrected chi connectivity index (χ0v) is 16.7. The maximum absolute atomic E-state index is 10.9. The van der Waals surface area contributed by atoms with Crippen LogP contribution in [-0.4, -0.2) is 157 Å². The third kappa shape index (κ3) is 5.96. The van der Waals surface area contributed by atoms with Crippen LogP contribution in [0.4, 0.5) is 0 Å². The Kier molecular flexibility index (Phi) is 10.3. The Morgan fingerprint density at radius 3 is 1.84 bits per heavy atom. The van der Waals surface area contributed by atoms with Gasteiger partial charge in [0, 0.05) is 0 Å². The van der Waals surface area contributed by atoms with Crippen molar-refractivity contribution in [3.05, 3.63) is 0 Å². The summed E-state index contributed by atoms with van der Waals surface area (Å²) in [6.07, 6.45) is -22.2. The summed E-state index contributed by atoms with van der Waals surface area (Å²) in [4.78, 5) is 10.9. The number of rotatable bonds is 10. The van der Waals surface area contributed by atoms with E-state index in [9.17, 15) is 50.8 Å². The summed E-state index contributed by atoms with van der Waals surface area (Å²) >= 11 is 0. The van der Waals surface area contributed by atoms with Crippen molar-refractivity contribution < 1.29 is 74.8 Å². The molecule has 0 radical (unpaired) electrons. The number of aldehydes is 1. The summed E-state index contributed by atoms with van der Waals surface area (Å²) < 4.78 is 20.9. The fraction of sp³-hybridized carbons (Fsp3) is 0.941. The van der Waals surface area contributed by atoms with Crippen LogP contribution in [0, 0.1) is 0 Å². The van der Waals surface area contributed by atoms with Crippen LogP contribution in [0.2, 0.25) is 0 Å². The Morgan fingerprint density at radius 2 is 1.31 bits per heavy atom. The van der Waals surface area contributed by atoms with Crippen molar-refractivity contribution in [1.82, 2.24) is 0 Å². The topological polar surface area (TPSA) is 256 Å². The monoisotopic (exact) mass is 474 g/mol. The van der Waals surface area contributed by atoms with Crippen molar-refractivity contribution in [2.45, 2.75) is 79.7 Å². The van der Waals surface area contributed by atoms with Crippen LogP contribution >= 0.6 is 0 Å². The van der Waals surface area contributed by atoms with Crippen LogP contribution in [-0.2, 0) is 23.7 Å². The first-order chi connectivity index (χ1) is 15.1. The highest BCUT2D eigenvalue weighted by atomic mass is 16.7. The standard InChI is InChI=1S/C17H30O15/c18-1-5(21)15(6(22)2-19)32-17-14(28)12(26)10(24)8(31-17)4-29-16-13(27)11(25)9(23)7(3-20)30-16/h1,5-17,19-28H,2-4H2. The van der Waals surface area contributed by atoms with Crippen LogP contribution in [0.25, 0.3) is 0 Å². The Hall–Kier alpha value is -0.890. The highest BCUT2D eigenvalue weighted by Crippen LogP contribution is 2.27. The van der Waals surface area contributed by atoms with E-state index in [2.05, 4.69) is 0 Å². The number of aliphatic hydroxyl groups excluding tert-OH is 10. The third-order valence-electron chi connectivity index (χ3n) is 5.28. The molecule has 10 N–H and O–H groups in total. The molecule has 0 aliphatic carbocycles. The van der Waals surface area contributed by atoms with E-state index in [4.69, 9.17) is 24.1 Å². The SMILES string of the molecule is O=CC(O)C(OC1OC(COC2OC(CO)C(O)C(O)C2O)C(O)C(O)C1O)C(O)CO. The molecule has 0 bridgehead atoms. The molecule has 2 heterocycles. The summed E-state index contributed by atoms with van der Waals surface area (Å²) in [5.41, 5.74) is 0. The van der Waals surface area contributed by atoms with Gasteiger partial charge in [-0.2, -0.15) is 0 Å². The van der Waals surface area contributed by atoms with Gasteiger partial charge in [-0.05, 0) is 0 Å². The number of aliphatic hydroxyl groups is 10. The maximum atomic E-state index is 10.9. The first kappa shape index (κ1) is 27.4. The highest BCUT2D eigenvalue weighted by Gasteiger charge is 2.48. The van der Waals surface area contributed by atoms with E-state index in [1.54, 1.807) is 0 Å². The van der Waals surface area contributed by atoms with Gasteiger partial charge >= 0.3 is 0 Å². The zero-order chi connectivity index (χ0) is 24.2. The summed E-state index contributed by atoms with van der Waals surface area (Å²) in [6, 6.07) is 0. The van der Waals surface area contributed by atoms with E-state index < -0.39 is 99.5 Å². The Morgan fingerprint density at radius 1 is 0.781 bits per heavy atom. The number of carbonyl (C=O) groups is 1. The number of ether oxygens (including phenoxy) is 4. The molecule has 13 atom stereocenters. The van der Waals surface area contributed by atoms with Gasteiger partial charge in [-0.25, -0.2) is 0 Å². The van der Waals surface area contributed by atoms with E-state index in [0.717, 1.165) is 0 Å². The summed E-state index contributed by atoms with van der Waals surface area (Å²) in [6.45, 7) is -2.26. The van der Waals surface area contributed by atoms with Gasteiger partial charge in [0.25, 0.3) is 0 Å². The number of hydrogen-bond donors (Lipinski definition) is 10. The third-order valence-corrected chi connectivity index (χ3v) is 5.28. The molecule has 0 aromatic heterocycles. The second-order valence-electron chi connectivity index (χ2n) is 7.52. The fourth-order valence-electron chi connectivity index (χ4n) is 3.30. The van der Waals surface area contributed by atoms with E-state index in [-0.39, 0.29) is 6.29 Å². The number of hydrogen-bond acceptors (Lipinski definition) is 15. The zero-order valence-electron chi connectivity index (χ0n) is 16.7. The van der Waals surface area contributed by atoms with Gasteiger partial charge in [-0.3, -0.25) is 0 Å². The maximum Gasteiger partial charge on any atom is 0.187 e. The quantitative estimate of drug-likeness (QED) is 0.132. The minimum absolute atomic E-state index is 0.00371. The highest BCUT2D eigenvalue weighted by molar-refractivity contribution is 5.56. The lowest BCUT2D eigenvalue weighted by atomic mass is 9.98. The van der Waals surface area contributed by atoms with Gasteiger partial charge in [0.05, 0.1) is 19.8 Å². The van der Waals surface area contributed by atoms with Gasteiger partial charge in [0.2, 0.25) is 0 Å². The average molecular weight is 474 g/mol. The normalized spacial score (nSPS) is 43.4. The Bertz CT molecular complexity index is 578. The molecule has 2 saturated heterocycles. The molecule has 2 fully saturated rings. The summed E-state index contributed by atoms with van der Waals surface area (Å²) in [7, 11) is 0. The van der Waals surface area contributed by atoms with Crippen molar-refractivity contribution >= 4 is 6.29 Å². The van der Waals surface area contributed by atoms with Crippen molar-refractivity contribution in [1.29, 1.82) is 0 Å². The molecule has 2 aliphatic heterocycles. The van der Waals surface area contributed by atoms with Crippen molar-refractivity contribution in [2.75, 3.05) is 19.8 Å². The predicted octanol–water partition coefficient (Wildman–Crippen LogP) is -7.09. The molecule has 0 aromatic carbocycles. The lowest BCUT2D eigenvalue weighted by molar-refractivity contribution is -0.341. The molecule has 0 amide bonds. The van der Waals surface area contributed by atoms with Crippen LogP contribution in [0.1, 0.15) is 0 Å². The van der Waals surface area contributed by atoms with Gasteiger partial charge in [-0.1, -0.05) is 0 Å². The van der Waals surface area contributed by atoms with E-state index in [1.165, 1.54) is 0 Å². The minimum Gasteiger partial charge on any atom is -0.394 e. The predicted molar refractivity (Wildman–Crippen MR) is 96.4 cm³/mol. The molecule has 0 saturated carbocycles. The lowest BCUT2D eigenvalue weighted by Crippen LogP contribution is -2.62. The van der Waals surface area contributed by atoms with Crippen LogP contribution < -0.4 is 0 Å². The van der Waals surface area contributed by atoms with Gasteiger partial charge in [0.15, 0.2) is 18.9 Å². The van der Waals surface area contributed by atoms with E-state index >= 15 is 0 Å². The van der Waals surface area contributed by atoms with Crippen molar-refractivity contribution in [2.24, 2.45) is 0 Å². The van der Waals surface area contributed by atoms with E-state index in [0.29, 0.717) is 0 Å². The number of carbonyl (C=O) groups excluding carboxylic acids is 1. The average Bonchev–Trinajstić information content (AvgIpc) is 2.80. The van der Waals surface area contributed by atoms with Crippen LogP contribution in [0.15, 0.2) is 0 Å². The smallest absolute Gasteiger partial charge is 0.187 e. The Labute approximate surface area is 181 Å². The van der Waals surface area contributed by atoms with Crippen LogP contribution in [0.5, 0.6) is 0 Å². The largest absolute Gasteiger partial charge is 0.394 e. The molecule has 2 aliphatic rings. The fourth-order valence-corrected chi connectivity index (χ4v) is 3.30. The minimum atomic E-state index is -1.93. The molecule has 188 valence electrons. The first-order valence-corrected chi connectivity index (χ1v) is 9.76. The molecule has 15 nitrogen and oxygen atoms in total. The lowest BCUT2D eigenvalue weighted by Gasteiger charge is -2.43. The molecular formula is C17H30O15. The van der Waals surface area contributed by atoms with Crippen molar-refractivity contribution in [3.8, 4) is 0 Å². The molecule has 0 spiro atoms. The van der Waals surface area contributed by atoms with E-state index in [1.807, 2.05) is 0 Å². The van der Waals surface area contributed by atoms with Gasteiger partial charge < -0.3 is 74.8 Å². The van der Waals surface area contributed by atoms with Crippen molar-refractivity contribution in [3.63, 3.8) is 0 Å². The molecule has 0 aromatic rings. The first-order valence-electron chi connectivity index (χ1n) is 9.76. The molecular weight excluding hydrogens is 444 g/mol. The Balaban J connectivity index is 2.07. The van der Waals surface area contributed by atoms with Crippen LogP contribution in [0.3, 0.4) is 0 Å². The van der Waals surface area contributed by atoms with Gasteiger partial charge in [0.1, 0.15) is 67.1 Å². The molecule has 15 heteroatoms. The molecule has 32 heavy (non-hydrogen) atoms. The van der Waals surface area contributed by atoms with Gasteiger partial charge in [-0.15, -0.1) is 0 Å².